The molecule has 1 saturated heterocycles. The van der Waals surface area contributed by atoms with Crippen LogP contribution in [0.25, 0.3) is 5.69 Å². The van der Waals surface area contributed by atoms with E-state index >= 15 is 0 Å². The standard InChI is InChI=1S/C15H19N3OS/c1-20-13-4-2-12(3-5-13)18-10-17-8-14(18)15(16)11-6-7-19-9-11/h2-5,8,10-11,15H,6-7,9,16H2,1H3. The molecule has 106 valence electrons. The minimum Gasteiger partial charge on any atom is -0.381 e. The molecular weight excluding hydrogens is 270 g/mol. The molecule has 1 aromatic carbocycles. The van der Waals surface area contributed by atoms with Gasteiger partial charge in [-0.3, -0.25) is 0 Å². The zero-order valence-electron chi connectivity index (χ0n) is 11.5. The highest BCUT2D eigenvalue weighted by Gasteiger charge is 2.26. The van der Waals surface area contributed by atoms with Crippen molar-refractivity contribution < 1.29 is 4.74 Å². The van der Waals surface area contributed by atoms with Gasteiger partial charge in [0.25, 0.3) is 0 Å². The van der Waals surface area contributed by atoms with E-state index in [0.29, 0.717) is 5.92 Å². The zero-order valence-corrected chi connectivity index (χ0v) is 12.3. The van der Waals surface area contributed by atoms with E-state index in [1.807, 2.05) is 12.5 Å². The second kappa shape index (κ2) is 5.99. The van der Waals surface area contributed by atoms with E-state index in [4.69, 9.17) is 10.5 Å². The lowest BCUT2D eigenvalue weighted by atomic mass is 9.97. The molecule has 0 aliphatic carbocycles. The Morgan fingerprint density at radius 3 is 2.85 bits per heavy atom. The van der Waals surface area contributed by atoms with Crippen LogP contribution in [0.4, 0.5) is 0 Å². The van der Waals surface area contributed by atoms with Crippen LogP contribution >= 0.6 is 11.8 Å². The molecule has 5 heteroatoms. The van der Waals surface area contributed by atoms with Crippen molar-refractivity contribution in [2.45, 2.75) is 17.4 Å². The molecule has 0 spiro atoms. The van der Waals surface area contributed by atoms with Gasteiger partial charge in [0.15, 0.2) is 0 Å². The van der Waals surface area contributed by atoms with Crippen molar-refractivity contribution in [2.24, 2.45) is 11.7 Å². The minimum atomic E-state index is -0.0276. The summed E-state index contributed by atoms with van der Waals surface area (Å²) in [5.74, 6) is 0.385. The van der Waals surface area contributed by atoms with E-state index < -0.39 is 0 Å². The number of imidazole rings is 1. The third kappa shape index (κ3) is 2.61. The van der Waals surface area contributed by atoms with E-state index in [1.165, 1.54) is 4.90 Å². The van der Waals surface area contributed by atoms with Gasteiger partial charge >= 0.3 is 0 Å². The lowest BCUT2D eigenvalue weighted by molar-refractivity contribution is 0.180. The van der Waals surface area contributed by atoms with E-state index in [-0.39, 0.29) is 6.04 Å². The molecular formula is C15H19N3OS. The summed E-state index contributed by atoms with van der Waals surface area (Å²) in [5, 5.41) is 0. The second-order valence-corrected chi connectivity index (χ2v) is 5.92. The van der Waals surface area contributed by atoms with Crippen molar-refractivity contribution in [3.8, 4) is 5.69 Å². The molecule has 2 N–H and O–H groups in total. The Morgan fingerprint density at radius 1 is 1.40 bits per heavy atom. The largest absolute Gasteiger partial charge is 0.381 e. The molecule has 20 heavy (non-hydrogen) atoms. The summed E-state index contributed by atoms with van der Waals surface area (Å²) >= 11 is 1.74. The fraction of sp³-hybridized carbons (Fsp3) is 0.400. The quantitative estimate of drug-likeness (QED) is 0.879. The Labute approximate surface area is 123 Å². The Hall–Kier alpha value is -1.30. The minimum absolute atomic E-state index is 0.0276. The van der Waals surface area contributed by atoms with Crippen molar-refractivity contribution in [1.82, 2.24) is 9.55 Å². The molecule has 2 aromatic rings. The molecule has 0 saturated carbocycles. The van der Waals surface area contributed by atoms with E-state index in [2.05, 4.69) is 40.1 Å². The van der Waals surface area contributed by atoms with Gasteiger partial charge in [-0.1, -0.05) is 0 Å². The fourth-order valence-electron chi connectivity index (χ4n) is 2.59. The van der Waals surface area contributed by atoms with Crippen LogP contribution in [0.1, 0.15) is 18.2 Å². The molecule has 2 unspecified atom stereocenters. The number of aromatic nitrogens is 2. The van der Waals surface area contributed by atoms with Crippen LogP contribution in [0.5, 0.6) is 0 Å². The molecule has 0 radical (unpaired) electrons. The number of hydrogen-bond donors (Lipinski definition) is 1. The maximum atomic E-state index is 6.39. The average Bonchev–Trinajstić information content (AvgIpc) is 3.18. The Balaban J connectivity index is 1.88. The van der Waals surface area contributed by atoms with Gasteiger partial charge in [0.05, 0.1) is 30.9 Å². The van der Waals surface area contributed by atoms with Gasteiger partial charge in [0, 0.05) is 23.1 Å². The smallest absolute Gasteiger partial charge is 0.0994 e. The summed E-state index contributed by atoms with van der Waals surface area (Å²) in [6.45, 7) is 1.56. The first-order valence-electron chi connectivity index (χ1n) is 6.79. The SMILES string of the molecule is CSc1ccc(-n2cncc2C(N)C2CCOC2)cc1. The summed E-state index contributed by atoms with van der Waals surface area (Å²) in [4.78, 5) is 5.52. The van der Waals surface area contributed by atoms with Crippen molar-refractivity contribution in [3.05, 3.63) is 42.5 Å². The van der Waals surface area contributed by atoms with E-state index in [0.717, 1.165) is 31.0 Å². The first kappa shape index (κ1) is 13.7. The van der Waals surface area contributed by atoms with Crippen LogP contribution in [0, 0.1) is 5.92 Å². The number of thioether (sulfide) groups is 1. The molecule has 3 rings (SSSR count). The van der Waals surface area contributed by atoms with Crippen molar-refractivity contribution >= 4 is 11.8 Å². The molecule has 1 fully saturated rings. The topological polar surface area (TPSA) is 53.1 Å². The van der Waals surface area contributed by atoms with Gasteiger partial charge in [-0.15, -0.1) is 11.8 Å². The van der Waals surface area contributed by atoms with Crippen molar-refractivity contribution in [1.29, 1.82) is 0 Å². The zero-order chi connectivity index (χ0) is 13.9. The lowest BCUT2D eigenvalue weighted by Crippen LogP contribution is -2.24. The Kier molecular flexibility index (Phi) is 4.10. The number of rotatable bonds is 4. The molecule has 1 aliphatic rings. The molecule has 0 amide bonds. The number of benzene rings is 1. The number of nitrogens with zero attached hydrogens (tertiary/aromatic N) is 2. The summed E-state index contributed by atoms with van der Waals surface area (Å²) in [5.41, 5.74) is 8.55. The molecule has 4 nitrogen and oxygen atoms in total. The summed E-state index contributed by atoms with van der Waals surface area (Å²) in [7, 11) is 0. The first-order chi connectivity index (χ1) is 9.79. The van der Waals surface area contributed by atoms with Crippen LogP contribution in [-0.4, -0.2) is 29.0 Å². The van der Waals surface area contributed by atoms with Gasteiger partial charge in [-0.25, -0.2) is 4.98 Å². The molecule has 2 heterocycles. The Bertz CT molecular complexity index is 561. The summed E-state index contributed by atoms with van der Waals surface area (Å²) in [6.07, 6.45) is 6.80. The predicted octanol–water partition coefficient (Wildman–Crippen LogP) is 2.63. The van der Waals surface area contributed by atoms with E-state index in [1.54, 1.807) is 11.8 Å². The molecule has 2 atom stereocenters. The monoisotopic (exact) mass is 289 g/mol. The maximum absolute atomic E-state index is 6.39. The first-order valence-corrected chi connectivity index (χ1v) is 8.02. The van der Waals surface area contributed by atoms with Crippen LogP contribution < -0.4 is 5.73 Å². The number of nitrogens with two attached hydrogens (primary N) is 1. The van der Waals surface area contributed by atoms with Gasteiger partial charge < -0.3 is 15.0 Å². The van der Waals surface area contributed by atoms with Crippen LogP contribution in [0.2, 0.25) is 0 Å². The fourth-order valence-corrected chi connectivity index (χ4v) is 3.00. The number of hydrogen-bond acceptors (Lipinski definition) is 4. The van der Waals surface area contributed by atoms with Crippen LogP contribution in [0.3, 0.4) is 0 Å². The molecule has 1 aromatic heterocycles. The number of ether oxygens (including phenoxy) is 1. The van der Waals surface area contributed by atoms with Crippen LogP contribution in [0.15, 0.2) is 41.7 Å². The van der Waals surface area contributed by atoms with Gasteiger partial charge in [0.2, 0.25) is 0 Å². The summed E-state index contributed by atoms with van der Waals surface area (Å²) in [6, 6.07) is 8.42. The normalized spacial score (nSPS) is 20.2. The maximum Gasteiger partial charge on any atom is 0.0994 e. The van der Waals surface area contributed by atoms with E-state index in [9.17, 15) is 0 Å². The predicted molar refractivity (Wildman–Crippen MR) is 81.2 cm³/mol. The van der Waals surface area contributed by atoms with Crippen LogP contribution in [-0.2, 0) is 4.74 Å². The highest BCUT2D eigenvalue weighted by Crippen LogP contribution is 2.28. The van der Waals surface area contributed by atoms with Crippen molar-refractivity contribution in [3.63, 3.8) is 0 Å². The molecule has 0 bridgehead atoms. The highest BCUT2D eigenvalue weighted by atomic mass is 32.2. The third-order valence-corrected chi connectivity index (χ3v) is 4.58. The highest BCUT2D eigenvalue weighted by molar-refractivity contribution is 7.98. The van der Waals surface area contributed by atoms with Gasteiger partial charge in [0.1, 0.15) is 0 Å². The third-order valence-electron chi connectivity index (χ3n) is 3.83. The molecule has 1 aliphatic heterocycles. The lowest BCUT2D eigenvalue weighted by Gasteiger charge is -2.19. The van der Waals surface area contributed by atoms with Gasteiger partial charge in [-0.05, 0) is 36.9 Å². The van der Waals surface area contributed by atoms with Crippen molar-refractivity contribution in [2.75, 3.05) is 19.5 Å². The Morgan fingerprint density at radius 2 is 2.20 bits per heavy atom. The second-order valence-electron chi connectivity index (χ2n) is 5.04. The average molecular weight is 289 g/mol. The summed E-state index contributed by atoms with van der Waals surface area (Å²) < 4.78 is 7.52. The van der Waals surface area contributed by atoms with Gasteiger partial charge in [-0.2, -0.15) is 0 Å².